The minimum atomic E-state index is -1.98. The van der Waals surface area contributed by atoms with Gasteiger partial charge in [-0.3, -0.25) is 62.3 Å². The first-order valence-electron chi connectivity index (χ1n) is 22.6. The largest absolute Gasteiger partial charge is 0.481 e. The first kappa shape index (κ1) is 64.3. The Balaban J connectivity index is 6.42. The van der Waals surface area contributed by atoms with Gasteiger partial charge in [-0.1, -0.05) is 18.0 Å². The zero-order chi connectivity index (χ0) is 54.8. The van der Waals surface area contributed by atoms with Gasteiger partial charge >= 0.3 is 23.9 Å². The van der Waals surface area contributed by atoms with E-state index < -0.39 is 171 Å². The average Bonchev–Trinajstić information content (AvgIpc) is 3.30. The van der Waals surface area contributed by atoms with Gasteiger partial charge in [-0.25, -0.2) is 0 Å². The second kappa shape index (κ2) is 36.3. The van der Waals surface area contributed by atoms with Crippen LogP contribution in [0.5, 0.6) is 0 Å². The molecule has 0 rings (SSSR count). The van der Waals surface area contributed by atoms with Crippen molar-refractivity contribution in [2.45, 2.75) is 139 Å². The molecule has 0 heterocycles. The van der Waals surface area contributed by atoms with Gasteiger partial charge in [-0.05, 0) is 76.4 Å². The van der Waals surface area contributed by atoms with E-state index in [4.69, 9.17) is 28.5 Å². The van der Waals surface area contributed by atoms with Crippen LogP contribution in [-0.4, -0.2) is 172 Å². The van der Waals surface area contributed by atoms with E-state index in [1.54, 1.807) is 0 Å². The summed E-state index contributed by atoms with van der Waals surface area (Å²) in [5, 5.41) is 58.7. The van der Waals surface area contributed by atoms with Crippen molar-refractivity contribution in [2.24, 2.45) is 28.0 Å². The number of carboxylic acid groups (broad SMARTS) is 4. The van der Waals surface area contributed by atoms with E-state index in [2.05, 4.69) is 52.6 Å². The highest BCUT2D eigenvalue weighted by Crippen LogP contribution is 2.09. The van der Waals surface area contributed by atoms with Crippen LogP contribution in [0.25, 0.3) is 10.4 Å². The highest BCUT2D eigenvalue weighted by molar-refractivity contribution is 5.98. The number of carboxylic acids is 4. The van der Waals surface area contributed by atoms with Gasteiger partial charge in [0.25, 0.3) is 0 Å². The van der Waals surface area contributed by atoms with Gasteiger partial charge in [-0.15, -0.1) is 0 Å². The van der Waals surface area contributed by atoms with E-state index in [1.165, 1.54) is 0 Å². The number of primary amides is 1. The molecule has 0 unspecified atom stereocenters. The summed E-state index contributed by atoms with van der Waals surface area (Å²) in [7, 11) is 0. The fourth-order valence-corrected chi connectivity index (χ4v) is 6.29. The Morgan fingerprint density at radius 3 is 1.24 bits per heavy atom. The van der Waals surface area contributed by atoms with Crippen LogP contribution in [0.4, 0.5) is 0 Å². The standard InChI is InChI=1S/C40H67N15O17/c41-14-4-1-7-21(43)34(66)54-27(18-33(64)65)40(72)53-25(11-13-31(60)61)38(70)51-23(9-3-6-16-48-55-45)36(68)47-20-29(57)49-26(17-32(62)63)39(71)52-24(10-12-30(58)59)37(69)50-22(8-2-5-15-42)35(67)46-19-28(44)56/h21-27H,1-20,41-43H2,(H2,44,56)(H,46,67)(H,47,68)(H,49,57)(H,50,69)(H,51,70)(H,52,71)(H,53,72)(H,54,66)(H,58,59)(H,60,61)(H,62,63)(H,64,65)/t21-,22-,23-,24-,25-,26-,27-/m0/s1. The third kappa shape index (κ3) is 29.4. The number of nitrogens with two attached hydrogens (primary N) is 4. The maximum atomic E-state index is 13.7. The van der Waals surface area contributed by atoms with Crippen molar-refractivity contribution < 1.29 is 82.8 Å². The monoisotopic (exact) mass is 1030 g/mol. The van der Waals surface area contributed by atoms with E-state index in [1.807, 2.05) is 0 Å². The molecule has 0 aromatic heterocycles. The molecule has 0 aliphatic heterocycles. The molecule has 72 heavy (non-hydrogen) atoms. The van der Waals surface area contributed by atoms with Gasteiger partial charge in [0, 0.05) is 24.3 Å². The predicted molar refractivity (Wildman–Crippen MR) is 247 cm³/mol. The quantitative estimate of drug-likeness (QED) is 0.0118. The van der Waals surface area contributed by atoms with Crippen LogP contribution in [0, 0.1) is 0 Å². The summed E-state index contributed by atoms with van der Waals surface area (Å²) in [5.41, 5.74) is 30.5. The Bertz CT molecular complexity index is 1950. The van der Waals surface area contributed by atoms with Crippen LogP contribution in [-0.2, 0) is 62.3 Å². The number of carbonyl (C=O) groups excluding carboxylic acids is 9. The number of amides is 9. The molecule has 0 fully saturated rings. The molecule has 0 aromatic carbocycles. The molecule has 0 aliphatic rings. The maximum absolute atomic E-state index is 13.7. The molecule has 9 amide bonds. The molecule has 7 atom stereocenters. The summed E-state index contributed by atoms with van der Waals surface area (Å²) < 4.78 is 0. The molecular weight excluding hydrogens is 963 g/mol. The molecule has 32 heteroatoms. The first-order chi connectivity index (χ1) is 33.9. The topological polar surface area (TPSA) is 552 Å². The van der Waals surface area contributed by atoms with Gasteiger partial charge < -0.3 is 85.9 Å². The second-order valence-electron chi connectivity index (χ2n) is 16.0. The lowest BCUT2D eigenvalue weighted by Crippen LogP contribution is -2.59. The van der Waals surface area contributed by atoms with Crippen LogP contribution in [0.3, 0.4) is 0 Å². The number of hydrogen-bond acceptors (Lipinski definition) is 17. The van der Waals surface area contributed by atoms with Gasteiger partial charge in [-0.2, -0.15) is 0 Å². The fraction of sp³-hybridized carbons (Fsp3) is 0.675. The lowest BCUT2D eigenvalue weighted by Gasteiger charge is -2.26. The summed E-state index contributed by atoms with van der Waals surface area (Å²) in [6.45, 7) is -1.15. The number of nitrogens with one attached hydrogen (secondary N) is 8. The van der Waals surface area contributed by atoms with E-state index in [9.17, 15) is 82.8 Å². The molecule has 20 N–H and O–H groups in total. The normalized spacial score (nSPS) is 13.5. The number of aliphatic carboxylic acids is 4. The molecule has 0 aromatic rings. The number of azide groups is 1. The predicted octanol–water partition coefficient (Wildman–Crippen LogP) is -5.64. The molecule has 0 saturated heterocycles. The van der Waals surface area contributed by atoms with Crippen molar-refractivity contribution in [1.29, 1.82) is 0 Å². The average molecular weight is 1030 g/mol. The van der Waals surface area contributed by atoms with Crippen LogP contribution in [0.1, 0.15) is 96.3 Å². The summed E-state index contributed by atoms with van der Waals surface area (Å²) in [6, 6.07) is -11.4. The summed E-state index contributed by atoms with van der Waals surface area (Å²) in [5.74, 6) is -15.9. The van der Waals surface area contributed by atoms with Crippen molar-refractivity contribution in [2.75, 3.05) is 32.7 Å². The molecule has 0 aliphatic carbocycles. The molecule has 32 nitrogen and oxygen atoms in total. The molecule has 0 spiro atoms. The van der Waals surface area contributed by atoms with E-state index >= 15 is 0 Å². The van der Waals surface area contributed by atoms with Crippen molar-refractivity contribution in [1.82, 2.24) is 42.5 Å². The zero-order valence-corrected chi connectivity index (χ0v) is 39.4. The van der Waals surface area contributed by atoms with E-state index in [-0.39, 0.29) is 45.2 Å². The van der Waals surface area contributed by atoms with Gasteiger partial charge in [0.05, 0.1) is 32.0 Å². The molecular formula is C40H67N15O17. The van der Waals surface area contributed by atoms with Crippen molar-refractivity contribution in [3.63, 3.8) is 0 Å². The van der Waals surface area contributed by atoms with Crippen molar-refractivity contribution in [3.8, 4) is 0 Å². The molecule has 0 bridgehead atoms. The summed E-state index contributed by atoms with van der Waals surface area (Å²) >= 11 is 0. The number of carbonyl (C=O) groups is 13. The molecule has 0 saturated carbocycles. The Morgan fingerprint density at radius 1 is 0.458 bits per heavy atom. The Kier molecular flexibility index (Phi) is 32.4. The number of hydrogen-bond donors (Lipinski definition) is 16. The second-order valence-corrected chi connectivity index (χ2v) is 16.0. The van der Waals surface area contributed by atoms with Crippen molar-refractivity contribution in [3.05, 3.63) is 10.4 Å². The van der Waals surface area contributed by atoms with E-state index in [0.717, 1.165) is 0 Å². The maximum Gasteiger partial charge on any atom is 0.305 e. The Hall–Kier alpha value is -7.70. The Morgan fingerprint density at radius 2 is 0.833 bits per heavy atom. The SMILES string of the molecule is [N-]=[N+]=NCCCC[C@H](NC(=O)[C@H](CCC(=O)O)NC(=O)[C@H](CC(=O)O)NC(=O)[C@@H](N)CCCCN)C(=O)NCC(=O)N[C@@H](CC(=O)O)C(=O)N[C@@H](CCC(=O)O)C(=O)N[C@@H](CCCCN)C(=O)NCC(N)=O. The highest BCUT2D eigenvalue weighted by Gasteiger charge is 2.34. The van der Waals surface area contributed by atoms with Gasteiger partial charge in [0.1, 0.15) is 36.3 Å². The fourth-order valence-electron chi connectivity index (χ4n) is 6.29. The lowest BCUT2D eigenvalue weighted by molar-refractivity contribution is -0.142. The summed E-state index contributed by atoms with van der Waals surface area (Å²) in [6.07, 6.45) is -3.09. The number of rotatable bonds is 40. The van der Waals surface area contributed by atoms with Crippen LogP contribution in [0.2, 0.25) is 0 Å². The Labute approximate surface area is 411 Å². The molecule has 404 valence electrons. The third-order valence-electron chi connectivity index (χ3n) is 10.0. The van der Waals surface area contributed by atoms with Gasteiger partial charge in [0.2, 0.25) is 53.2 Å². The van der Waals surface area contributed by atoms with Crippen LogP contribution < -0.4 is 65.5 Å². The smallest absolute Gasteiger partial charge is 0.305 e. The van der Waals surface area contributed by atoms with E-state index in [0.29, 0.717) is 32.2 Å². The number of unbranched alkanes of at least 4 members (excludes halogenated alkanes) is 3. The van der Waals surface area contributed by atoms with Crippen LogP contribution >= 0.6 is 0 Å². The number of nitrogens with zero attached hydrogens (tertiary/aromatic N) is 3. The highest BCUT2D eigenvalue weighted by atomic mass is 16.4. The zero-order valence-electron chi connectivity index (χ0n) is 39.4. The minimum absolute atomic E-state index is 0.0265. The van der Waals surface area contributed by atoms with Crippen LogP contribution in [0.15, 0.2) is 5.11 Å². The third-order valence-corrected chi connectivity index (χ3v) is 10.0. The minimum Gasteiger partial charge on any atom is -0.481 e. The van der Waals surface area contributed by atoms with Crippen molar-refractivity contribution >= 4 is 77.0 Å². The van der Waals surface area contributed by atoms with Gasteiger partial charge in [0.15, 0.2) is 0 Å². The summed E-state index contributed by atoms with van der Waals surface area (Å²) in [4.78, 5) is 166. The molecule has 0 radical (unpaired) electrons. The first-order valence-corrected chi connectivity index (χ1v) is 22.6. The lowest BCUT2D eigenvalue weighted by atomic mass is 10.0.